The molecule has 1 aliphatic rings. The second-order valence-corrected chi connectivity index (χ2v) is 5.52. The molecule has 2 rings (SSSR count). The van der Waals surface area contributed by atoms with Crippen LogP contribution in [-0.4, -0.2) is 13.7 Å². The Morgan fingerprint density at radius 1 is 1.37 bits per heavy atom. The van der Waals surface area contributed by atoms with Gasteiger partial charge in [0.2, 0.25) is 0 Å². The van der Waals surface area contributed by atoms with Gasteiger partial charge < -0.3 is 14.5 Å². The van der Waals surface area contributed by atoms with Gasteiger partial charge in [-0.1, -0.05) is 19.1 Å². The Morgan fingerprint density at radius 3 is 2.89 bits per heavy atom. The molecule has 0 bridgehead atoms. The summed E-state index contributed by atoms with van der Waals surface area (Å²) >= 11 is 0. The summed E-state index contributed by atoms with van der Waals surface area (Å²) < 4.78 is 11.6. The smallest absolute Gasteiger partial charge is 0.118 e. The Morgan fingerprint density at radius 2 is 2.16 bits per heavy atom. The van der Waals surface area contributed by atoms with Gasteiger partial charge in [-0.15, -0.1) is 0 Å². The Balaban J connectivity index is 1.80. The van der Waals surface area contributed by atoms with Gasteiger partial charge in [-0.3, -0.25) is 0 Å². The van der Waals surface area contributed by atoms with Gasteiger partial charge in [0, 0.05) is 5.56 Å². The van der Waals surface area contributed by atoms with Gasteiger partial charge in [-0.05, 0) is 44.7 Å². The largest absolute Gasteiger partial charge is 0.465 e. The van der Waals surface area contributed by atoms with Crippen LogP contribution in [0.5, 0.6) is 0 Å². The highest BCUT2D eigenvalue weighted by Crippen LogP contribution is 2.25. The van der Waals surface area contributed by atoms with Crippen LogP contribution in [-0.2, 0) is 17.9 Å². The molecule has 1 aromatic rings. The number of aryl methyl sites for hydroxylation is 1. The molecule has 0 saturated heterocycles. The Labute approximate surface area is 116 Å². The van der Waals surface area contributed by atoms with Crippen LogP contribution in [0.15, 0.2) is 22.6 Å². The van der Waals surface area contributed by atoms with Crippen LogP contribution in [0.1, 0.15) is 36.8 Å². The standard InChI is InChI=1S/C16H25NO2/c1-12-6-4-5-7-14(12)10-18-11-15-8-16(9-17-3)19-13(15)2/h4-5,8,12,14,17H,6-7,9-11H2,1-3H3. The van der Waals surface area contributed by atoms with E-state index in [1.165, 1.54) is 12.0 Å². The molecule has 19 heavy (non-hydrogen) atoms. The molecule has 0 radical (unpaired) electrons. The summed E-state index contributed by atoms with van der Waals surface area (Å²) in [5, 5.41) is 3.10. The number of furan rings is 1. The maximum absolute atomic E-state index is 5.89. The summed E-state index contributed by atoms with van der Waals surface area (Å²) in [6.07, 6.45) is 6.90. The number of hydrogen-bond acceptors (Lipinski definition) is 3. The molecule has 1 aliphatic carbocycles. The lowest BCUT2D eigenvalue weighted by atomic mass is 9.85. The first-order chi connectivity index (χ1) is 9.20. The molecule has 0 saturated carbocycles. The van der Waals surface area contributed by atoms with Crippen molar-refractivity contribution in [2.24, 2.45) is 11.8 Å². The Hall–Kier alpha value is -1.06. The van der Waals surface area contributed by atoms with Gasteiger partial charge in [-0.2, -0.15) is 0 Å². The zero-order valence-corrected chi connectivity index (χ0v) is 12.2. The normalized spacial score (nSPS) is 22.9. The van der Waals surface area contributed by atoms with E-state index in [4.69, 9.17) is 9.15 Å². The van der Waals surface area contributed by atoms with E-state index in [1.807, 2.05) is 14.0 Å². The van der Waals surface area contributed by atoms with Crippen LogP contribution in [0.2, 0.25) is 0 Å². The van der Waals surface area contributed by atoms with Crippen molar-refractivity contribution in [3.05, 3.63) is 35.3 Å². The van der Waals surface area contributed by atoms with Gasteiger partial charge >= 0.3 is 0 Å². The molecule has 0 aliphatic heterocycles. The third-order valence-electron chi connectivity index (χ3n) is 3.93. The molecule has 2 unspecified atom stereocenters. The van der Waals surface area contributed by atoms with E-state index in [-0.39, 0.29) is 0 Å². The molecule has 0 aromatic carbocycles. The van der Waals surface area contributed by atoms with Gasteiger partial charge in [0.15, 0.2) is 0 Å². The average Bonchev–Trinajstić information content (AvgIpc) is 2.73. The summed E-state index contributed by atoms with van der Waals surface area (Å²) in [4.78, 5) is 0. The Bertz CT molecular complexity index is 422. The summed E-state index contributed by atoms with van der Waals surface area (Å²) in [6.45, 7) is 6.59. The molecule has 0 fully saturated rings. The number of ether oxygens (including phenoxy) is 1. The van der Waals surface area contributed by atoms with E-state index >= 15 is 0 Å². The van der Waals surface area contributed by atoms with Crippen molar-refractivity contribution in [2.75, 3.05) is 13.7 Å². The second kappa shape index (κ2) is 6.92. The van der Waals surface area contributed by atoms with Crippen molar-refractivity contribution in [3.63, 3.8) is 0 Å². The van der Waals surface area contributed by atoms with Crippen molar-refractivity contribution in [2.45, 2.75) is 39.8 Å². The lowest BCUT2D eigenvalue weighted by Gasteiger charge is -2.24. The molecule has 3 heteroatoms. The SMILES string of the molecule is CNCc1cc(COCC2CC=CCC2C)c(C)o1. The summed E-state index contributed by atoms with van der Waals surface area (Å²) in [7, 11) is 1.92. The van der Waals surface area contributed by atoms with Crippen LogP contribution in [0.3, 0.4) is 0 Å². The van der Waals surface area contributed by atoms with E-state index in [9.17, 15) is 0 Å². The monoisotopic (exact) mass is 263 g/mol. The quantitative estimate of drug-likeness (QED) is 0.799. The molecule has 106 valence electrons. The molecule has 1 N–H and O–H groups in total. The summed E-state index contributed by atoms with van der Waals surface area (Å²) in [5.74, 6) is 3.35. The molecule has 1 heterocycles. The molecule has 0 amide bonds. The van der Waals surface area contributed by atoms with Crippen LogP contribution in [0, 0.1) is 18.8 Å². The highest BCUT2D eigenvalue weighted by atomic mass is 16.5. The highest BCUT2D eigenvalue weighted by Gasteiger charge is 2.18. The lowest BCUT2D eigenvalue weighted by molar-refractivity contribution is 0.0674. The number of nitrogens with one attached hydrogen (secondary N) is 1. The maximum atomic E-state index is 5.89. The molecular weight excluding hydrogens is 238 g/mol. The van der Waals surface area contributed by atoms with E-state index in [0.717, 1.165) is 37.0 Å². The van der Waals surface area contributed by atoms with E-state index < -0.39 is 0 Å². The third-order valence-corrected chi connectivity index (χ3v) is 3.93. The zero-order valence-electron chi connectivity index (χ0n) is 12.2. The van der Waals surface area contributed by atoms with Crippen LogP contribution < -0.4 is 5.32 Å². The van der Waals surface area contributed by atoms with Gasteiger partial charge in [-0.25, -0.2) is 0 Å². The Kier molecular flexibility index (Phi) is 5.23. The predicted molar refractivity (Wildman–Crippen MR) is 76.9 cm³/mol. The van der Waals surface area contributed by atoms with Crippen molar-refractivity contribution in [3.8, 4) is 0 Å². The highest BCUT2D eigenvalue weighted by molar-refractivity contribution is 5.19. The molecule has 3 nitrogen and oxygen atoms in total. The third kappa shape index (κ3) is 3.95. The molecule has 0 spiro atoms. The second-order valence-electron chi connectivity index (χ2n) is 5.52. The van der Waals surface area contributed by atoms with E-state index in [1.54, 1.807) is 0 Å². The topological polar surface area (TPSA) is 34.4 Å². The van der Waals surface area contributed by atoms with E-state index in [2.05, 4.69) is 30.5 Å². The van der Waals surface area contributed by atoms with Crippen molar-refractivity contribution < 1.29 is 9.15 Å². The number of hydrogen-bond donors (Lipinski definition) is 1. The molecule has 1 aromatic heterocycles. The number of allylic oxidation sites excluding steroid dienone is 2. The fourth-order valence-corrected chi connectivity index (χ4v) is 2.55. The summed E-state index contributed by atoms with van der Waals surface area (Å²) in [6, 6.07) is 2.09. The lowest BCUT2D eigenvalue weighted by Crippen LogP contribution is -2.19. The first kappa shape index (κ1) is 14.4. The van der Waals surface area contributed by atoms with E-state index in [0.29, 0.717) is 12.5 Å². The van der Waals surface area contributed by atoms with Crippen LogP contribution in [0.25, 0.3) is 0 Å². The van der Waals surface area contributed by atoms with Gasteiger partial charge in [0.1, 0.15) is 11.5 Å². The maximum Gasteiger partial charge on any atom is 0.118 e. The predicted octanol–water partition coefficient (Wildman–Crippen LogP) is 3.43. The van der Waals surface area contributed by atoms with Crippen LogP contribution in [0.4, 0.5) is 0 Å². The van der Waals surface area contributed by atoms with Gasteiger partial charge in [0.25, 0.3) is 0 Å². The molecular formula is C16H25NO2. The van der Waals surface area contributed by atoms with Crippen molar-refractivity contribution in [1.29, 1.82) is 0 Å². The summed E-state index contributed by atoms with van der Waals surface area (Å²) in [5.41, 5.74) is 1.17. The number of rotatable bonds is 6. The minimum atomic E-state index is 0.659. The fraction of sp³-hybridized carbons (Fsp3) is 0.625. The van der Waals surface area contributed by atoms with Crippen molar-refractivity contribution in [1.82, 2.24) is 5.32 Å². The minimum Gasteiger partial charge on any atom is -0.465 e. The van der Waals surface area contributed by atoms with Crippen molar-refractivity contribution >= 4 is 0 Å². The fourth-order valence-electron chi connectivity index (χ4n) is 2.55. The first-order valence-corrected chi connectivity index (χ1v) is 7.16. The average molecular weight is 263 g/mol. The zero-order chi connectivity index (χ0) is 13.7. The van der Waals surface area contributed by atoms with Gasteiger partial charge in [0.05, 0.1) is 19.8 Å². The van der Waals surface area contributed by atoms with Crippen LogP contribution >= 0.6 is 0 Å². The molecule has 2 atom stereocenters. The first-order valence-electron chi connectivity index (χ1n) is 7.16. The minimum absolute atomic E-state index is 0.659.